The van der Waals surface area contributed by atoms with Crippen LogP contribution in [0.2, 0.25) is 0 Å². The Kier molecular flexibility index (Phi) is 6.16. The maximum Gasteiger partial charge on any atom is 0.253 e. The minimum atomic E-state index is -0.129. The highest BCUT2D eigenvalue weighted by molar-refractivity contribution is 5.97. The van der Waals surface area contributed by atoms with Gasteiger partial charge in [-0.25, -0.2) is 0 Å². The molecule has 23 heavy (non-hydrogen) atoms. The van der Waals surface area contributed by atoms with E-state index in [9.17, 15) is 9.59 Å². The van der Waals surface area contributed by atoms with Crippen LogP contribution < -0.4 is 10.6 Å². The molecule has 1 aliphatic heterocycles. The number of carbonyl (C=O) groups excluding carboxylic acids is 2. The van der Waals surface area contributed by atoms with Crippen molar-refractivity contribution in [1.29, 1.82) is 0 Å². The molecule has 1 aliphatic rings. The first-order valence-corrected chi connectivity index (χ1v) is 8.48. The van der Waals surface area contributed by atoms with Crippen molar-refractivity contribution in [3.63, 3.8) is 0 Å². The van der Waals surface area contributed by atoms with Crippen LogP contribution in [0.15, 0.2) is 24.3 Å². The molecule has 1 saturated heterocycles. The molecule has 2 atom stereocenters. The van der Waals surface area contributed by atoms with E-state index in [1.54, 1.807) is 29.2 Å². The van der Waals surface area contributed by atoms with E-state index < -0.39 is 0 Å². The van der Waals surface area contributed by atoms with Gasteiger partial charge in [0.05, 0.1) is 6.04 Å². The maximum atomic E-state index is 12.3. The zero-order valence-electron chi connectivity index (χ0n) is 14.3. The molecule has 2 amide bonds. The molecule has 0 bridgehead atoms. The van der Waals surface area contributed by atoms with Gasteiger partial charge in [-0.05, 0) is 63.4 Å². The van der Waals surface area contributed by atoms with Crippen molar-refractivity contribution in [1.82, 2.24) is 10.2 Å². The minimum Gasteiger partial charge on any atom is -0.339 e. The first-order chi connectivity index (χ1) is 11.0. The fourth-order valence-electron chi connectivity index (χ4n) is 2.93. The molecule has 1 heterocycles. The molecular weight excluding hydrogens is 290 g/mol. The van der Waals surface area contributed by atoms with Gasteiger partial charge in [-0.3, -0.25) is 9.59 Å². The van der Waals surface area contributed by atoms with Crippen LogP contribution in [0.1, 0.15) is 44.0 Å². The standard InChI is InChI=1S/C18H27N3O2/c1-4-21(5-2)18(23)14-6-8-15(9-7-14)20-17(22)16-12-13(3)10-11-19-16/h6-9,13,16,19H,4-5,10-12H2,1-3H3,(H,20,22). The lowest BCUT2D eigenvalue weighted by Gasteiger charge is -2.27. The van der Waals surface area contributed by atoms with E-state index in [0.717, 1.165) is 25.1 Å². The quantitative estimate of drug-likeness (QED) is 0.877. The summed E-state index contributed by atoms with van der Waals surface area (Å²) in [7, 11) is 0. The highest BCUT2D eigenvalue weighted by atomic mass is 16.2. The van der Waals surface area contributed by atoms with E-state index in [4.69, 9.17) is 0 Å². The highest BCUT2D eigenvalue weighted by Gasteiger charge is 2.24. The summed E-state index contributed by atoms with van der Waals surface area (Å²) in [6.07, 6.45) is 1.98. The first-order valence-electron chi connectivity index (χ1n) is 8.48. The Balaban J connectivity index is 1.97. The second-order valence-corrected chi connectivity index (χ2v) is 6.18. The van der Waals surface area contributed by atoms with Crippen LogP contribution in [0, 0.1) is 5.92 Å². The molecule has 2 unspecified atom stereocenters. The van der Waals surface area contributed by atoms with Gasteiger partial charge in [0.15, 0.2) is 0 Å². The minimum absolute atomic E-state index is 0.000584. The molecule has 2 rings (SSSR count). The topological polar surface area (TPSA) is 61.4 Å². The Bertz CT molecular complexity index is 538. The van der Waals surface area contributed by atoms with Crippen LogP contribution >= 0.6 is 0 Å². The second kappa shape index (κ2) is 8.11. The van der Waals surface area contributed by atoms with Crippen molar-refractivity contribution in [3.05, 3.63) is 29.8 Å². The van der Waals surface area contributed by atoms with Crippen LogP contribution in [0.3, 0.4) is 0 Å². The summed E-state index contributed by atoms with van der Waals surface area (Å²) in [6, 6.07) is 7.00. The summed E-state index contributed by atoms with van der Waals surface area (Å²) < 4.78 is 0. The van der Waals surface area contributed by atoms with Crippen molar-refractivity contribution in [2.75, 3.05) is 25.0 Å². The smallest absolute Gasteiger partial charge is 0.253 e. The van der Waals surface area contributed by atoms with Gasteiger partial charge in [0.25, 0.3) is 5.91 Å². The molecule has 0 radical (unpaired) electrons. The molecular formula is C18H27N3O2. The normalized spacial score (nSPS) is 20.8. The Morgan fingerprint density at radius 2 is 1.87 bits per heavy atom. The van der Waals surface area contributed by atoms with Crippen LogP contribution in [0.25, 0.3) is 0 Å². The summed E-state index contributed by atoms with van der Waals surface area (Å²) in [5.41, 5.74) is 1.38. The second-order valence-electron chi connectivity index (χ2n) is 6.18. The van der Waals surface area contributed by atoms with Gasteiger partial charge in [-0.2, -0.15) is 0 Å². The van der Waals surface area contributed by atoms with Gasteiger partial charge in [-0.15, -0.1) is 0 Å². The largest absolute Gasteiger partial charge is 0.339 e. The number of hydrogen-bond acceptors (Lipinski definition) is 3. The molecule has 5 nitrogen and oxygen atoms in total. The lowest BCUT2D eigenvalue weighted by Crippen LogP contribution is -2.45. The molecule has 1 aromatic rings. The zero-order valence-corrected chi connectivity index (χ0v) is 14.3. The number of amides is 2. The first kappa shape index (κ1) is 17.5. The van der Waals surface area contributed by atoms with E-state index in [-0.39, 0.29) is 17.9 Å². The zero-order chi connectivity index (χ0) is 16.8. The number of nitrogens with one attached hydrogen (secondary N) is 2. The summed E-state index contributed by atoms with van der Waals surface area (Å²) in [6.45, 7) is 8.38. The Labute approximate surface area is 138 Å². The number of anilines is 1. The van der Waals surface area contributed by atoms with E-state index >= 15 is 0 Å². The number of rotatable bonds is 5. The van der Waals surface area contributed by atoms with Crippen LogP contribution in [0.5, 0.6) is 0 Å². The molecule has 0 aliphatic carbocycles. The van der Waals surface area contributed by atoms with Crippen LogP contribution in [-0.4, -0.2) is 42.4 Å². The van der Waals surface area contributed by atoms with Gasteiger partial charge in [0, 0.05) is 24.3 Å². The monoisotopic (exact) mass is 317 g/mol. The van der Waals surface area contributed by atoms with Crippen molar-refractivity contribution >= 4 is 17.5 Å². The van der Waals surface area contributed by atoms with E-state index in [1.807, 2.05) is 13.8 Å². The van der Waals surface area contributed by atoms with Gasteiger partial charge < -0.3 is 15.5 Å². The van der Waals surface area contributed by atoms with Crippen molar-refractivity contribution in [2.24, 2.45) is 5.92 Å². The molecule has 2 N–H and O–H groups in total. The summed E-state index contributed by atoms with van der Waals surface area (Å²) in [5.74, 6) is 0.594. The van der Waals surface area contributed by atoms with Gasteiger partial charge in [-0.1, -0.05) is 6.92 Å². The fraction of sp³-hybridized carbons (Fsp3) is 0.556. The van der Waals surface area contributed by atoms with Gasteiger partial charge >= 0.3 is 0 Å². The van der Waals surface area contributed by atoms with E-state index in [0.29, 0.717) is 24.6 Å². The molecule has 5 heteroatoms. The van der Waals surface area contributed by atoms with Crippen molar-refractivity contribution < 1.29 is 9.59 Å². The Morgan fingerprint density at radius 1 is 1.22 bits per heavy atom. The van der Waals surface area contributed by atoms with E-state index in [2.05, 4.69) is 17.6 Å². The Morgan fingerprint density at radius 3 is 2.43 bits per heavy atom. The number of benzene rings is 1. The number of carbonyl (C=O) groups is 2. The van der Waals surface area contributed by atoms with Crippen molar-refractivity contribution in [3.8, 4) is 0 Å². The molecule has 1 aromatic carbocycles. The van der Waals surface area contributed by atoms with E-state index in [1.165, 1.54) is 0 Å². The van der Waals surface area contributed by atoms with Crippen molar-refractivity contribution in [2.45, 2.75) is 39.7 Å². The molecule has 1 fully saturated rings. The number of piperidine rings is 1. The third-order valence-corrected chi connectivity index (χ3v) is 4.43. The third-order valence-electron chi connectivity index (χ3n) is 4.43. The van der Waals surface area contributed by atoms with Gasteiger partial charge in [0.2, 0.25) is 5.91 Å². The maximum absolute atomic E-state index is 12.3. The lowest BCUT2D eigenvalue weighted by atomic mass is 9.94. The predicted octanol–water partition coefficient (Wildman–Crippen LogP) is 2.50. The summed E-state index contributed by atoms with van der Waals surface area (Å²) in [4.78, 5) is 26.3. The molecule has 0 aromatic heterocycles. The lowest BCUT2D eigenvalue weighted by molar-refractivity contribution is -0.119. The highest BCUT2D eigenvalue weighted by Crippen LogP contribution is 2.17. The number of nitrogens with zero attached hydrogens (tertiary/aromatic N) is 1. The predicted molar refractivity (Wildman–Crippen MR) is 92.5 cm³/mol. The average Bonchev–Trinajstić information content (AvgIpc) is 2.56. The SMILES string of the molecule is CCN(CC)C(=O)c1ccc(NC(=O)C2CC(C)CCN2)cc1. The van der Waals surface area contributed by atoms with Gasteiger partial charge in [0.1, 0.15) is 0 Å². The molecule has 0 saturated carbocycles. The van der Waals surface area contributed by atoms with Crippen LogP contribution in [-0.2, 0) is 4.79 Å². The fourth-order valence-corrected chi connectivity index (χ4v) is 2.93. The van der Waals surface area contributed by atoms with Crippen LogP contribution in [0.4, 0.5) is 5.69 Å². The average molecular weight is 317 g/mol. The summed E-state index contributed by atoms with van der Waals surface area (Å²) >= 11 is 0. The molecule has 0 spiro atoms. The Hall–Kier alpha value is -1.88. The number of hydrogen-bond donors (Lipinski definition) is 2. The molecule has 126 valence electrons. The third kappa shape index (κ3) is 4.55. The summed E-state index contributed by atoms with van der Waals surface area (Å²) in [5, 5.41) is 6.19.